The number of carbonyl (C=O) groups excluding carboxylic acids is 1. The van der Waals surface area contributed by atoms with E-state index in [4.69, 9.17) is 9.47 Å². The molecule has 1 aliphatic carbocycles. The van der Waals surface area contributed by atoms with Gasteiger partial charge in [-0.15, -0.1) is 0 Å². The highest BCUT2D eigenvalue weighted by atomic mass is 16.5. The normalized spacial score (nSPS) is 22.4. The Labute approximate surface area is 90.8 Å². The number of methoxy groups -OCH3 is 1. The van der Waals surface area contributed by atoms with Crippen molar-refractivity contribution in [2.75, 3.05) is 13.7 Å². The summed E-state index contributed by atoms with van der Waals surface area (Å²) in [5, 5.41) is 0. The summed E-state index contributed by atoms with van der Waals surface area (Å²) in [5.41, 5.74) is 4.39. The average Bonchev–Trinajstić information content (AvgIpc) is 2.15. The van der Waals surface area contributed by atoms with Gasteiger partial charge in [0, 0.05) is 12.8 Å². The summed E-state index contributed by atoms with van der Waals surface area (Å²) < 4.78 is 9.85. The first-order valence-electron chi connectivity index (χ1n) is 5.09. The van der Waals surface area contributed by atoms with Crippen molar-refractivity contribution < 1.29 is 14.3 Å². The number of esters is 1. The number of carbonyl (C=O) groups is 1. The molecule has 0 radical (unpaired) electrons. The van der Waals surface area contributed by atoms with Gasteiger partial charge in [-0.25, -0.2) is 0 Å². The summed E-state index contributed by atoms with van der Waals surface area (Å²) in [5.74, 6) is 0.185. The van der Waals surface area contributed by atoms with Gasteiger partial charge in [0.15, 0.2) is 0 Å². The van der Waals surface area contributed by atoms with Crippen molar-refractivity contribution in [3.63, 3.8) is 0 Å². The van der Waals surface area contributed by atoms with Gasteiger partial charge in [-0.1, -0.05) is 19.6 Å². The van der Waals surface area contributed by atoms with E-state index < -0.39 is 0 Å². The summed E-state index contributed by atoms with van der Waals surface area (Å²) in [6, 6.07) is 0. The Balaban J connectivity index is 2.55. The predicted molar refractivity (Wildman–Crippen MR) is 57.1 cm³/mol. The molecule has 0 heterocycles. The molecule has 0 spiro atoms. The highest BCUT2D eigenvalue weighted by Gasteiger charge is 2.44. The third-order valence-corrected chi connectivity index (χ3v) is 3.09. The summed E-state index contributed by atoms with van der Waals surface area (Å²) in [4.78, 5) is 10.7. The number of hydrogen-bond acceptors (Lipinski definition) is 3. The Morgan fingerprint density at radius 2 is 2.33 bits per heavy atom. The largest absolute Gasteiger partial charge is 0.496 e. The lowest BCUT2D eigenvalue weighted by Crippen LogP contribution is -2.40. The van der Waals surface area contributed by atoms with Crippen LogP contribution in [0, 0.1) is 11.3 Å². The van der Waals surface area contributed by atoms with Crippen LogP contribution in [0.1, 0.15) is 27.2 Å². The highest BCUT2D eigenvalue weighted by Crippen LogP contribution is 2.50. The molecule has 1 rings (SSSR count). The minimum atomic E-state index is -0.212. The maximum Gasteiger partial charge on any atom is 0.302 e. The van der Waals surface area contributed by atoms with E-state index in [9.17, 15) is 4.79 Å². The molecule has 1 aliphatic rings. The third-order valence-electron chi connectivity index (χ3n) is 3.09. The molecule has 1 saturated carbocycles. The van der Waals surface area contributed by atoms with Crippen LogP contribution in [0.2, 0.25) is 0 Å². The van der Waals surface area contributed by atoms with E-state index in [1.54, 1.807) is 13.4 Å². The van der Waals surface area contributed by atoms with Crippen molar-refractivity contribution in [2.24, 2.45) is 11.3 Å². The second kappa shape index (κ2) is 4.54. The Kier molecular flexibility index (Phi) is 3.59. The van der Waals surface area contributed by atoms with Gasteiger partial charge in [0.1, 0.15) is 6.26 Å². The lowest BCUT2D eigenvalue weighted by Gasteiger charge is -2.45. The van der Waals surface area contributed by atoms with Gasteiger partial charge in [0.05, 0.1) is 13.7 Å². The summed E-state index contributed by atoms with van der Waals surface area (Å²) >= 11 is 0. The van der Waals surface area contributed by atoms with E-state index in [1.807, 2.05) is 0 Å². The van der Waals surface area contributed by atoms with E-state index >= 15 is 0 Å². The molecule has 0 saturated heterocycles. The average molecular weight is 210 g/mol. The van der Waals surface area contributed by atoms with Crippen LogP contribution in [-0.4, -0.2) is 19.7 Å². The fraction of sp³-hybridized carbons (Fsp3) is 0.667. The van der Waals surface area contributed by atoms with Gasteiger partial charge in [0.2, 0.25) is 0 Å². The lowest BCUT2D eigenvalue weighted by atomic mass is 9.59. The second-order valence-corrected chi connectivity index (χ2v) is 4.40. The van der Waals surface area contributed by atoms with Crippen LogP contribution in [0.3, 0.4) is 0 Å². The molecule has 0 bridgehead atoms. The third kappa shape index (κ3) is 2.63. The van der Waals surface area contributed by atoms with Crippen LogP contribution in [0.4, 0.5) is 0 Å². The van der Waals surface area contributed by atoms with Crippen LogP contribution in [0.15, 0.2) is 17.6 Å². The van der Waals surface area contributed by atoms with Gasteiger partial charge >= 0.3 is 5.97 Å². The van der Waals surface area contributed by atoms with Crippen LogP contribution < -0.4 is 0 Å². The van der Waals surface area contributed by atoms with Gasteiger partial charge in [-0.05, 0) is 17.4 Å². The molecule has 3 nitrogen and oxygen atoms in total. The molecule has 0 amide bonds. The Hall–Kier alpha value is -1.21. The quantitative estimate of drug-likeness (QED) is 0.407. The molecule has 0 aromatic rings. The van der Waals surface area contributed by atoms with Crippen molar-refractivity contribution >= 4 is 5.97 Å². The van der Waals surface area contributed by atoms with Crippen molar-refractivity contribution in [1.82, 2.24) is 0 Å². The molecule has 0 aromatic heterocycles. The molecule has 15 heavy (non-hydrogen) atoms. The summed E-state index contributed by atoms with van der Waals surface area (Å²) in [7, 11) is 1.61. The van der Waals surface area contributed by atoms with Gasteiger partial charge in [0.25, 0.3) is 0 Å². The molecular formula is C12H18O3. The minimum Gasteiger partial charge on any atom is -0.496 e. The second-order valence-electron chi connectivity index (χ2n) is 4.40. The first kappa shape index (κ1) is 11.9. The molecule has 0 N–H and O–H groups in total. The van der Waals surface area contributed by atoms with Crippen LogP contribution in [-0.2, 0) is 14.3 Å². The zero-order valence-corrected chi connectivity index (χ0v) is 9.79. The molecular weight excluding hydrogens is 192 g/mol. The van der Waals surface area contributed by atoms with E-state index in [2.05, 4.69) is 19.6 Å². The molecule has 1 atom stereocenters. The highest BCUT2D eigenvalue weighted by molar-refractivity contribution is 5.65. The van der Waals surface area contributed by atoms with Gasteiger partial charge in [-0.2, -0.15) is 0 Å². The number of hydrogen-bond donors (Lipinski definition) is 0. The zero-order valence-electron chi connectivity index (χ0n) is 9.79. The van der Waals surface area contributed by atoms with E-state index in [-0.39, 0.29) is 11.4 Å². The molecule has 1 fully saturated rings. The van der Waals surface area contributed by atoms with Crippen molar-refractivity contribution in [3.05, 3.63) is 17.6 Å². The minimum absolute atomic E-state index is 0.0600. The van der Waals surface area contributed by atoms with E-state index in [0.717, 1.165) is 6.42 Å². The zero-order chi connectivity index (χ0) is 11.5. The van der Waals surface area contributed by atoms with Gasteiger partial charge in [-0.3, -0.25) is 4.79 Å². The maximum atomic E-state index is 10.7. The fourth-order valence-electron chi connectivity index (χ4n) is 1.74. The number of ether oxygens (including phenoxy) is 2. The maximum absolute atomic E-state index is 10.7. The topological polar surface area (TPSA) is 35.5 Å². The smallest absolute Gasteiger partial charge is 0.302 e. The van der Waals surface area contributed by atoms with Crippen LogP contribution in [0.5, 0.6) is 0 Å². The molecule has 1 unspecified atom stereocenters. The Morgan fingerprint density at radius 3 is 2.80 bits per heavy atom. The first-order chi connectivity index (χ1) is 6.98. The van der Waals surface area contributed by atoms with Crippen molar-refractivity contribution in [1.29, 1.82) is 0 Å². The number of rotatable bonds is 3. The monoisotopic (exact) mass is 210 g/mol. The Bertz CT molecular complexity index is 309. The number of allylic oxidation sites excluding steroid dienone is 1. The first-order valence-corrected chi connectivity index (χ1v) is 5.09. The van der Waals surface area contributed by atoms with Crippen molar-refractivity contribution in [2.45, 2.75) is 27.2 Å². The Morgan fingerprint density at radius 1 is 1.67 bits per heavy atom. The van der Waals surface area contributed by atoms with Crippen LogP contribution >= 0.6 is 0 Å². The molecule has 0 aromatic carbocycles. The summed E-state index contributed by atoms with van der Waals surface area (Å²) in [6.07, 6.45) is 2.50. The van der Waals surface area contributed by atoms with E-state index in [1.165, 1.54) is 12.5 Å². The standard InChI is InChI=1S/C12H18O3/c1-9(13)15-8-11-7-10(5-6-14-4)12(11,2)3/h6,11H,7-8H2,1-4H3. The lowest BCUT2D eigenvalue weighted by molar-refractivity contribution is -0.144. The molecule has 0 aliphatic heterocycles. The predicted octanol–water partition coefficient (Wildman–Crippen LogP) is 2.28. The van der Waals surface area contributed by atoms with Crippen LogP contribution in [0.25, 0.3) is 0 Å². The van der Waals surface area contributed by atoms with E-state index in [0.29, 0.717) is 12.5 Å². The molecule has 84 valence electrons. The molecule has 3 heteroatoms. The van der Waals surface area contributed by atoms with Gasteiger partial charge < -0.3 is 9.47 Å². The summed E-state index contributed by atoms with van der Waals surface area (Å²) in [6.45, 7) is 6.21. The fourth-order valence-corrected chi connectivity index (χ4v) is 1.74. The van der Waals surface area contributed by atoms with Crippen molar-refractivity contribution in [3.8, 4) is 0 Å². The SMILES string of the molecule is COC=C=C1CC(COC(C)=O)C1(C)C.